The highest BCUT2D eigenvalue weighted by Gasteiger charge is 2.21. The minimum Gasteiger partial charge on any atom is -0.493 e. The number of hydrogen-bond donors (Lipinski definition) is 2. The van der Waals surface area contributed by atoms with E-state index in [-0.39, 0.29) is 28.8 Å². The van der Waals surface area contributed by atoms with Gasteiger partial charge in [-0.3, -0.25) is 4.79 Å². The predicted molar refractivity (Wildman–Crippen MR) is 72.7 cm³/mol. The number of rotatable bonds is 7. The van der Waals surface area contributed by atoms with Crippen LogP contribution in [0.4, 0.5) is 0 Å². The first-order valence-electron chi connectivity index (χ1n) is 5.73. The Hall–Kier alpha value is -1.40. The quantitative estimate of drug-likeness (QED) is 0.743. The molecule has 1 unspecified atom stereocenters. The second kappa shape index (κ2) is 7.25. The number of carbonyl (C=O) groups excluding carboxylic acids is 1. The van der Waals surface area contributed by atoms with E-state index >= 15 is 0 Å². The summed E-state index contributed by atoms with van der Waals surface area (Å²) in [6, 6.07) is 4.68. The molecule has 6 heteroatoms. The molecule has 0 saturated heterocycles. The number of carboxylic acid groups (broad SMARTS) is 1. The van der Waals surface area contributed by atoms with Crippen LogP contribution in [-0.2, 0) is 16.0 Å². The number of halogens is 1. The van der Waals surface area contributed by atoms with Crippen LogP contribution < -0.4 is 4.74 Å². The number of Topliss-reactive ketones (excluding diaryl/α,β-unsaturated/α-hetero) is 1. The number of carboxylic acids is 1. The Balaban J connectivity index is 3.06. The molecule has 1 aromatic carbocycles. The first kappa shape index (κ1) is 15.7. The molecule has 1 rings (SSSR count). The third-order valence-electron chi connectivity index (χ3n) is 2.46. The van der Waals surface area contributed by atoms with Crippen molar-refractivity contribution < 1.29 is 24.5 Å². The molecule has 1 aromatic rings. The molecule has 0 aromatic heterocycles. The molecule has 19 heavy (non-hydrogen) atoms. The van der Waals surface area contributed by atoms with Crippen LogP contribution >= 0.6 is 15.9 Å². The Bertz CT molecular complexity index is 472. The Kier molecular flexibility index (Phi) is 5.98. The highest BCUT2D eigenvalue weighted by atomic mass is 79.9. The molecule has 0 amide bonds. The smallest absolute Gasteiger partial charge is 0.337 e. The highest BCUT2D eigenvalue weighted by Crippen LogP contribution is 2.27. The van der Waals surface area contributed by atoms with Gasteiger partial charge in [-0.05, 0) is 18.6 Å². The minimum atomic E-state index is -1.64. The zero-order chi connectivity index (χ0) is 14.4. The summed E-state index contributed by atoms with van der Waals surface area (Å²) in [7, 11) is 0. The normalized spacial score (nSPS) is 11.9. The largest absolute Gasteiger partial charge is 0.493 e. The SMILES string of the molecule is CCOc1cc(CC(=O)CBr)ccc1C(O)C(=O)O. The zero-order valence-electron chi connectivity index (χ0n) is 10.4. The fourth-order valence-electron chi connectivity index (χ4n) is 1.60. The summed E-state index contributed by atoms with van der Waals surface area (Å²) in [6.45, 7) is 2.10. The number of ketones is 1. The number of aliphatic hydroxyl groups excluding tert-OH is 1. The van der Waals surface area contributed by atoms with Crippen LogP contribution in [0.5, 0.6) is 5.75 Å². The summed E-state index contributed by atoms with van der Waals surface area (Å²) in [5.74, 6) is -1.04. The Morgan fingerprint density at radius 3 is 2.63 bits per heavy atom. The van der Waals surface area contributed by atoms with Gasteiger partial charge in [0.1, 0.15) is 11.5 Å². The summed E-state index contributed by atoms with van der Waals surface area (Å²) in [5.41, 5.74) is 0.902. The second-order valence-electron chi connectivity index (χ2n) is 3.90. The molecule has 0 radical (unpaired) electrons. The van der Waals surface area contributed by atoms with E-state index in [1.165, 1.54) is 6.07 Å². The average Bonchev–Trinajstić information content (AvgIpc) is 2.38. The molecular weight excluding hydrogens is 316 g/mol. The van der Waals surface area contributed by atoms with Crippen molar-refractivity contribution in [3.8, 4) is 5.75 Å². The number of ether oxygens (including phenoxy) is 1. The van der Waals surface area contributed by atoms with Crippen LogP contribution in [0, 0.1) is 0 Å². The van der Waals surface area contributed by atoms with Crippen molar-refractivity contribution in [3.63, 3.8) is 0 Å². The summed E-state index contributed by atoms with van der Waals surface area (Å²) in [6.07, 6.45) is -1.41. The second-order valence-corrected chi connectivity index (χ2v) is 4.46. The molecule has 0 fully saturated rings. The lowest BCUT2D eigenvalue weighted by atomic mass is 10.0. The van der Waals surface area contributed by atoms with Gasteiger partial charge in [0, 0.05) is 12.0 Å². The topological polar surface area (TPSA) is 83.8 Å². The van der Waals surface area contributed by atoms with Crippen LogP contribution in [0.3, 0.4) is 0 Å². The maximum Gasteiger partial charge on any atom is 0.337 e. The van der Waals surface area contributed by atoms with E-state index in [0.717, 1.165) is 0 Å². The van der Waals surface area contributed by atoms with Crippen LogP contribution in [0.2, 0.25) is 0 Å². The van der Waals surface area contributed by atoms with Gasteiger partial charge < -0.3 is 14.9 Å². The molecule has 1 atom stereocenters. The number of aliphatic carboxylic acids is 1. The van der Waals surface area contributed by atoms with E-state index in [4.69, 9.17) is 9.84 Å². The molecule has 0 aliphatic carbocycles. The van der Waals surface area contributed by atoms with Crippen molar-refractivity contribution in [2.24, 2.45) is 0 Å². The van der Waals surface area contributed by atoms with Crippen molar-refractivity contribution >= 4 is 27.7 Å². The van der Waals surface area contributed by atoms with Gasteiger partial charge >= 0.3 is 5.97 Å². The summed E-state index contributed by atoms with van der Waals surface area (Å²) in [4.78, 5) is 22.1. The minimum absolute atomic E-state index is 0.00832. The molecule has 5 nitrogen and oxygen atoms in total. The molecule has 0 aliphatic rings. The third kappa shape index (κ3) is 4.33. The summed E-state index contributed by atoms with van der Waals surface area (Å²) < 4.78 is 5.32. The van der Waals surface area contributed by atoms with Crippen molar-refractivity contribution in [1.82, 2.24) is 0 Å². The lowest BCUT2D eigenvalue weighted by Crippen LogP contribution is -2.13. The van der Waals surface area contributed by atoms with Crippen molar-refractivity contribution in [1.29, 1.82) is 0 Å². The van der Waals surface area contributed by atoms with Gasteiger partial charge in [0.05, 0.1) is 11.9 Å². The summed E-state index contributed by atoms with van der Waals surface area (Å²) in [5, 5.41) is 18.6. The number of benzene rings is 1. The van der Waals surface area contributed by atoms with E-state index in [0.29, 0.717) is 12.2 Å². The highest BCUT2D eigenvalue weighted by molar-refractivity contribution is 9.09. The van der Waals surface area contributed by atoms with Gasteiger partial charge in [0.2, 0.25) is 0 Å². The van der Waals surface area contributed by atoms with Crippen molar-refractivity contribution in [2.75, 3.05) is 11.9 Å². The van der Waals surface area contributed by atoms with Gasteiger partial charge in [-0.15, -0.1) is 0 Å². The fraction of sp³-hybridized carbons (Fsp3) is 0.385. The lowest BCUT2D eigenvalue weighted by molar-refractivity contribution is -0.147. The van der Waals surface area contributed by atoms with E-state index < -0.39 is 12.1 Å². The van der Waals surface area contributed by atoms with Crippen LogP contribution in [-0.4, -0.2) is 33.9 Å². The Morgan fingerprint density at radius 1 is 1.42 bits per heavy atom. The molecule has 0 spiro atoms. The molecule has 0 saturated carbocycles. The number of aliphatic hydroxyl groups is 1. The van der Waals surface area contributed by atoms with Gasteiger partial charge in [0.15, 0.2) is 6.10 Å². The van der Waals surface area contributed by atoms with Crippen LogP contribution in [0.1, 0.15) is 24.2 Å². The van der Waals surface area contributed by atoms with Gasteiger partial charge in [-0.2, -0.15) is 0 Å². The molecule has 0 heterocycles. The number of hydrogen-bond acceptors (Lipinski definition) is 4. The maximum absolute atomic E-state index is 11.3. The first-order valence-corrected chi connectivity index (χ1v) is 6.85. The molecule has 104 valence electrons. The zero-order valence-corrected chi connectivity index (χ0v) is 12.0. The van der Waals surface area contributed by atoms with Gasteiger partial charge in [-0.25, -0.2) is 4.79 Å². The first-order chi connectivity index (χ1) is 8.99. The molecular formula is C13H15BrO5. The molecule has 0 aliphatic heterocycles. The van der Waals surface area contributed by atoms with Crippen molar-refractivity contribution in [3.05, 3.63) is 29.3 Å². The van der Waals surface area contributed by atoms with Crippen molar-refractivity contribution in [2.45, 2.75) is 19.4 Å². The molecule has 0 bridgehead atoms. The predicted octanol–water partition coefficient (Wildman–Crippen LogP) is 1.71. The standard InChI is InChI=1S/C13H15BrO5/c1-2-19-11-6-8(5-9(15)7-14)3-4-10(11)12(16)13(17)18/h3-4,6,12,16H,2,5,7H2,1H3,(H,17,18). The molecule has 2 N–H and O–H groups in total. The number of alkyl halides is 1. The monoisotopic (exact) mass is 330 g/mol. The lowest BCUT2D eigenvalue weighted by Gasteiger charge is -2.14. The fourth-order valence-corrected chi connectivity index (χ4v) is 1.80. The van der Waals surface area contributed by atoms with E-state index in [9.17, 15) is 14.7 Å². The van der Waals surface area contributed by atoms with Gasteiger partial charge in [0.25, 0.3) is 0 Å². The number of carbonyl (C=O) groups is 2. The van der Waals surface area contributed by atoms with E-state index in [2.05, 4.69) is 15.9 Å². The van der Waals surface area contributed by atoms with Gasteiger partial charge in [-0.1, -0.05) is 28.1 Å². The Morgan fingerprint density at radius 2 is 2.11 bits per heavy atom. The van der Waals surface area contributed by atoms with E-state index in [1.807, 2.05) is 0 Å². The maximum atomic E-state index is 11.3. The van der Waals surface area contributed by atoms with Crippen LogP contribution in [0.15, 0.2) is 18.2 Å². The van der Waals surface area contributed by atoms with Crippen LogP contribution in [0.25, 0.3) is 0 Å². The third-order valence-corrected chi connectivity index (χ3v) is 3.08. The summed E-state index contributed by atoms with van der Waals surface area (Å²) >= 11 is 3.08. The van der Waals surface area contributed by atoms with E-state index in [1.54, 1.807) is 19.1 Å². The average molecular weight is 331 g/mol. The Labute approximate surface area is 119 Å².